The molecule has 2 heterocycles. The van der Waals surface area contributed by atoms with Gasteiger partial charge in [-0.1, -0.05) is 29.5 Å². The largest absolute Gasteiger partial charge is 0.573 e. The van der Waals surface area contributed by atoms with E-state index in [0.717, 1.165) is 49.6 Å². The topological polar surface area (TPSA) is 44.5 Å². The average molecular weight is 422 g/mol. The summed E-state index contributed by atoms with van der Waals surface area (Å²) in [5.74, 6) is -0.254. The summed E-state index contributed by atoms with van der Waals surface area (Å²) in [5.41, 5.74) is 1.99. The first-order chi connectivity index (χ1) is 13.9. The van der Waals surface area contributed by atoms with Crippen LogP contribution in [0, 0.1) is 5.41 Å². The van der Waals surface area contributed by atoms with Gasteiger partial charge >= 0.3 is 6.36 Å². The number of hydrogen-bond acceptors (Lipinski definition) is 5. The third-order valence-electron chi connectivity index (χ3n) is 5.04. The second-order valence-corrected chi connectivity index (χ2v) is 7.93. The van der Waals surface area contributed by atoms with Crippen LogP contribution in [0.15, 0.2) is 48.5 Å². The van der Waals surface area contributed by atoms with Crippen molar-refractivity contribution in [1.29, 1.82) is 5.41 Å². The average Bonchev–Trinajstić information content (AvgIpc) is 3.00. The zero-order chi connectivity index (χ0) is 20.4. The molecule has 0 radical (unpaired) electrons. The number of nitrogens with zero attached hydrogens (tertiary/aromatic N) is 3. The monoisotopic (exact) mass is 422 g/mol. The van der Waals surface area contributed by atoms with Gasteiger partial charge in [0.15, 0.2) is 4.80 Å². The Labute approximate surface area is 170 Å². The SMILES string of the molecule is N=c1sc2cc(OC(F)(F)F)ccc2n1CCN1CCN(c2ccccc2)CC1. The zero-order valence-corrected chi connectivity index (χ0v) is 16.5. The summed E-state index contributed by atoms with van der Waals surface area (Å²) < 4.78 is 43.7. The van der Waals surface area contributed by atoms with Gasteiger partial charge in [-0.3, -0.25) is 10.3 Å². The quantitative estimate of drug-likeness (QED) is 0.678. The predicted octanol–water partition coefficient (Wildman–Crippen LogP) is 3.90. The molecule has 1 saturated heterocycles. The maximum atomic E-state index is 12.4. The maximum absolute atomic E-state index is 12.4. The first kappa shape index (κ1) is 19.8. The van der Waals surface area contributed by atoms with Crippen molar-refractivity contribution >= 4 is 27.2 Å². The molecule has 154 valence electrons. The molecule has 0 atom stereocenters. The fourth-order valence-electron chi connectivity index (χ4n) is 3.60. The Hall–Kier alpha value is -2.52. The molecule has 2 aromatic carbocycles. The number of aromatic nitrogens is 1. The molecule has 1 N–H and O–H groups in total. The molecule has 0 unspecified atom stereocenters. The van der Waals surface area contributed by atoms with Crippen molar-refractivity contribution in [3.8, 4) is 5.75 Å². The molecular formula is C20H21F3N4OS. The fraction of sp³-hybridized carbons (Fsp3) is 0.350. The summed E-state index contributed by atoms with van der Waals surface area (Å²) in [6, 6.07) is 14.6. The smallest absolute Gasteiger partial charge is 0.406 e. The van der Waals surface area contributed by atoms with Crippen LogP contribution in [0.5, 0.6) is 5.75 Å². The lowest BCUT2D eigenvalue weighted by atomic mass is 10.2. The third kappa shape index (κ3) is 4.73. The number of anilines is 1. The normalized spacial score (nSPS) is 15.8. The number of hydrogen-bond donors (Lipinski definition) is 1. The number of nitrogens with one attached hydrogen (secondary N) is 1. The van der Waals surface area contributed by atoms with E-state index in [1.54, 1.807) is 6.07 Å². The van der Waals surface area contributed by atoms with Crippen molar-refractivity contribution in [2.45, 2.75) is 12.9 Å². The molecular weight excluding hydrogens is 401 g/mol. The minimum absolute atomic E-state index is 0.254. The minimum atomic E-state index is -4.72. The summed E-state index contributed by atoms with van der Waals surface area (Å²) in [6.45, 7) is 5.20. The second-order valence-electron chi connectivity index (χ2n) is 6.90. The number of thiazole rings is 1. The van der Waals surface area contributed by atoms with Crippen LogP contribution in [0.25, 0.3) is 10.2 Å². The van der Waals surface area contributed by atoms with E-state index >= 15 is 0 Å². The van der Waals surface area contributed by atoms with Gasteiger partial charge in [-0.25, -0.2) is 0 Å². The molecule has 0 amide bonds. The van der Waals surface area contributed by atoms with Crippen LogP contribution in [0.3, 0.4) is 0 Å². The fourth-order valence-corrected chi connectivity index (χ4v) is 4.56. The minimum Gasteiger partial charge on any atom is -0.406 e. The number of fused-ring (bicyclic) bond motifs is 1. The van der Waals surface area contributed by atoms with Crippen LogP contribution in [0.1, 0.15) is 0 Å². The lowest BCUT2D eigenvalue weighted by Gasteiger charge is -2.36. The maximum Gasteiger partial charge on any atom is 0.573 e. The van der Waals surface area contributed by atoms with E-state index in [-0.39, 0.29) is 5.75 Å². The highest BCUT2D eigenvalue weighted by Gasteiger charge is 2.31. The number of ether oxygens (including phenoxy) is 1. The Morgan fingerprint density at radius 2 is 1.69 bits per heavy atom. The molecule has 3 aromatic rings. The number of benzene rings is 2. The number of para-hydroxylation sites is 1. The number of halogens is 3. The van der Waals surface area contributed by atoms with E-state index in [1.807, 2.05) is 22.8 Å². The van der Waals surface area contributed by atoms with Crippen LogP contribution in [-0.4, -0.2) is 48.6 Å². The molecule has 0 saturated carbocycles. The lowest BCUT2D eigenvalue weighted by Crippen LogP contribution is -2.47. The molecule has 1 aliphatic heterocycles. The molecule has 29 heavy (non-hydrogen) atoms. The summed E-state index contributed by atoms with van der Waals surface area (Å²) in [4.78, 5) is 5.05. The van der Waals surface area contributed by atoms with Crippen LogP contribution in [-0.2, 0) is 6.54 Å². The first-order valence-corrected chi connectivity index (χ1v) is 10.2. The molecule has 4 rings (SSSR count). The Balaban J connectivity index is 1.39. The third-order valence-corrected chi connectivity index (χ3v) is 6.00. The summed E-state index contributed by atoms with van der Waals surface area (Å²) in [6.07, 6.45) is -4.72. The summed E-state index contributed by atoms with van der Waals surface area (Å²) in [7, 11) is 0. The number of alkyl halides is 3. The van der Waals surface area contributed by atoms with Crippen molar-refractivity contribution in [1.82, 2.24) is 9.47 Å². The highest BCUT2D eigenvalue weighted by molar-refractivity contribution is 7.16. The van der Waals surface area contributed by atoms with Gasteiger partial charge in [0.05, 0.1) is 10.2 Å². The van der Waals surface area contributed by atoms with Crippen LogP contribution in [0.4, 0.5) is 18.9 Å². The first-order valence-electron chi connectivity index (χ1n) is 9.35. The Kier molecular flexibility index (Phi) is 5.51. The molecule has 1 aliphatic rings. The molecule has 9 heteroatoms. The molecule has 0 aliphatic carbocycles. The molecule has 0 bridgehead atoms. The summed E-state index contributed by atoms with van der Waals surface area (Å²) in [5, 5.41) is 8.20. The van der Waals surface area contributed by atoms with E-state index in [1.165, 1.54) is 17.8 Å². The van der Waals surface area contributed by atoms with Gasteiger partial charge in [-0.05, 0) is 30.3 Å². The van der Waals surface area contributed by atoms with Crippen molar-refractivity contribution in [3.05, 3.63) is 53.3 Å². The Morgan fingerprint density at radius 1 is 0.966 bits per heavy atom. The van der Waals surface area contributed by atoms with E-state index < -0.39 is 6.36 Å². The molecule has 1 aromatic heterocycles. The second kappa shape index (κ2) is 8.08. The van der Waals surface area contributed by atoms with Gasteiger partial charge in [-0.2, -0.15) is 0 Å². The number of piperazine rings is 1. The van der Waals surface area contributed by atoms with Crippen LogP contribution < -0.4 is 14.4 Å². The summed E-state index contributed by atoms with van der Waals surface area (Å²) >= 11 is 1.16. The predicted molar refractivity (Wildman–Crippen MR) is 107 cm³/mol. The van der Waals surface area contributed by atoms with Gasteiger partial charge in [-0.15, -0.1) is 13.2 Å². The lowest BCUT2D eigenvalue weighted by molar-refractivity contribution is -0.274. The highest BCUT2D eigenvalue weighted by Crippen LogP contribution is 2.28. The van der Waals surface area contributed by atoms with Crippen molar-refractivity contribution in [2.24, 2.45) is 0 Å². The highest BCUT2D eigenvalue weighted by atomic mass is 32.1. The zero-order valence-electron chi connectivity index (χ0n) is 15.7. The van der Waals surface area contributed by atoms with Crippen LogP contribution >= 0.6 is 11.3 Å². The molecule has 5 nitrogen and oxygen atoms in total. The van der Waals surface area contributed by atoms with Crippen molar-refractivity contribution < 1.29 is 17.9 Å². The van der Waals surface area contributed by atoms with Gasteiger partial charge in [0.2, 0.25) is 0 Å². The number of rotatable bonds is 5. The Bertz CT molecular complexity index is 1020. The Morgan fingerprint density at radius 3 is 2.38 bits per heavy atom. The van der Waals surface area contributed by atoms with Crippen molar-refractivity contribution in [3.63, 3.8) is 0 Å². The van der Waals surface area contributed by atoms with Gasteiger partial charge < -0.3 is 14.2 Å². The standard InChI is InChI=1S/C20H21F3N4OS/c21-20(22,23)28-16-6-7-17-18(14-16)29-19(24)27(17)13-10-25-8-11-26(12-9-25)15-4-2-1-3-5-15/h1-7,14,24H,8-13H2. The van der Waals surface area contributed by atoms with E-state index in [9.17, 15) is 13.2 Å². The van der Waals surface area contributed by atoms with Gasteiger partial charge in [0, 0.05) is 45.0 Å². The van der Waals surface area contributed by atoms with E-state index in [4.69, 9.17) is 5.41 Å². The van der Waals surface area contributed by atoms with E-state index in [2.05, 4.69) is 26.7 Å². The molecule has 1 fully saturated rings. The van der Waals surface area contributed by atoms with Gasteiger partial charge in [0.25, 0.3) is 0 Å². The van der Waals surface area contributed by atoms with Crippen molar-refractivity contribution in [2.75, 3.05) is 37.6 Å². The van der Waals surface area contributed by atoms with Gasteiger partial charge in [0.1, 0.15) is 5.75 Å². The molecule has 0 spiro atoms. The van der Waals surface area contributed by atoms with E-state index in [0.29, 0.717) is 16.0 Å². The van der Waals surface area contributed by atoms with Crippen LogP contribution in [0.2, 0.25) is 0 Å².